The first kappa shape index (κ1) is 15.0. The standard InChI is InChI=1S/C19H18N2O2/c1-13-5-10-17(16-4-3-11-20-19(13)16)21-18(22)12-14-6-8-15(23-2)9-7-14/h3-11H,12H2,1-2H3,(H,21,22). The zero-order chi connectivity index (χ0) is 16.2. The Morgan fingerprint density at radius 3 is 2.65 bits per heavy atom. The summed E-state index contributed by atoms with van der Waals surface area (Å²) in [6.07, 6.45) is 2.08. The van der Waals surface area contributed by atoms with Crippen LogP contribution in [0.3, 0.4) is 0 Å². The van der Waals surface area contributed by atoms with Crippen LogP contribution in [-0.4, -0.2) is 18.0 Å². The molecule has 0 atom stereocenters. The number of carbonyl (C=O) groups excluding carboxylic acids is 1. The zero-order valence-electron chi connectivity index (χ0n) is 13.2. The summed E-state index contributed by atoms with van der Waals surface area (Å²) in [5.74, 6) is 0.730. The van der Waals surface area contributed by atoms with Gasteiger partial charge in [0.25, 0.3) is 0 Å². The lowest BCUT2D eigenvalue weighted by Gasteiger charge is -2.10. The molecular weight excluding hydrogens is 288 g/mol. The van der Waals surface area contributed by atoms with Crippen LogP contribution in [0.2, 0.25) is 0 Å². The highest BCUT2D eigenvalue weighted by Crippen LogP contribution is 2.24. The van der Waals surface area contributed by atoms with Gasteiger partial charge in [0, 0.05) is 11.6 Å². The molecule has 0 saturated carbocycles. The predicted octanol–water partition coefficient (Wildman–Crippen LogP) is 3.73. The monoisotopic (exact) mass is 306 g/mol. The highest BCUT2D eigenvalue weighted by Gasteiger charge is 2.09. The molecule has 1 heterocycles. The van der Waals surface area contributed by atoms with E-state index in [1.807, 2.05) is 55.5 Å². The van der Waals surface area contributed by atoms with Crippen LogP contribution in [0, 0.1) is 6.92 Å². The molecule has 116 valence electrons. The predicted molar refractivity (Wildman–Crippen MR) is 91.8 cm³/mol. The van der Waals surface area contributed by atoms with Gasteiger partial charge in [0.2, 0.25) is 5.91 Å². The van der Waals surface area contributed by atoms with Crippen molar-refractivity contribution in [2.45, 2.75) is 13.3 Å². The minimum absolute atomic E-state index is 0.0517. The van der Waals surface area contributed by atoms with Crippen molar-refractivity contribution in [3.63, 3.8) is 0 Å². The van der Waals surface area contributed by atoms with Gasteiger partial charge in [-0.2, -0.15) is 0 Å². The van der Waals surface area contributed by atoms with E-state index < -0.39 is 0 Å². The van der Waals surface area contributed by atoms with E-state index in [-0.39, 0.29) is 5.91 Å². The van der Waals surface area contributed by atoms with E-state index in [2.05, 4.69) is 10.3 Å². The molecule has 0 fully saturated rings. The quantitative estimate of drug-likeness (QED) is 0.799. The first-order valence-corrected chi connectivity index (χ1v) is 7.44. The summed E-state index contributed by atoms with van der Waals surface area (Å²) in [6.45, 7) is 2.01. The maximum absolute atomic E-state index is 12.3. The van der Waals surface area contributed by atoms with Crippen LogP contribution < -0.4 is 10.1 Å². The van der Waals surface area contributed by atoms with Gasteiger partial charge in [-0.15, -0.1) is 0 Å². The van der Waals surface area contributed by atoms with E-state index in [0.717, 1.165) is 33.5 Å². The fourth-order valence-corrected chi connectivity index (χ4v) is 2.55. The zero-order valence-corrected chi connectivity index (χ0v) is 13.2. The summed E-state index contributed by atoms with van der Waals surface area (Å²) in [7, 11) is 1.62. The molecule has 3 rings (SSSR count). The van der Waals surface area contributed by atoms with Gasteiger partial charge in [-0.3, -0.25) is 9.78 Å². The van der Waals surface area contributed by atoms with Crippen LogP contribution in [0.1, 0.15) is 11.1 Å². The Hall–Kier alpha value is -2.88. The van der Waals surface area contributed by atoms with Crippen molar-refractivity contribution >= 4 is 22.5 Å². The van der Waals surface area contributed by atoms with Crippen molar-refractivity contribution in [2.75, 3.05) is 12.4 Å². The molecule has 0 unspecified atom stereocenters. The second-order valence-corrected chi connectivity index (χ2v) is 5.40. The van der Waals surface area contributed by atoms with Gasteiger partial charge < -0.3 is 10.1 Å². The topological polar surface area (TPSA) is 51.2 Å². The lowest BCUT2D eigenvalue weighted by atomic mass is 10.1. The molecule has 4 nitrogen and oxygen atoms in total. The fourth-order valence-electron chi connectivity index (χ4n) is 2.55. The number of hydrogen-bond acceptors (Lipinski definition) is 3. The van der Waals surface area contributed by atoms with Crippen molar-refractivity contribution in [3.8, 4) is 5.75 Å². The molecular formula is C19H18N2O2. The van der Waals surface area contributed by atoms with E-state index in [4.69, 9.17) is 4.74 Å². The summed E-state index contributed by atoms with van der Waals surface area (Å²) in [5, 5.41) is 3.93. The lowest BCUT2D eigenvalue weighted by Crippen LogP contribution is -2.14. The smallest absolute Gasteiger partial charge is 0.228 e. The van der Waals surface area contributed by atoms with E-state index >= 15 is 0 Å². The molecule has 3 aromatic rings. The number of rotatable bonds is 4. The second kappa shape index (κ2) is 6.48. The number of amides is 1. The van der Waals surface area contributed by atoms with E-state index in [9.17, 15) is 4.79 Å². The number of nitrogens with zero attached hydrogens (tertiary/aromatic N) is 1. The number of nitrogens with one attached hydrogen (secondary N) is 1. The number of aromatic nitrogens is 1. The van der Waals surface area contributed by atoms with Gasteiger partial charge in [0.05, 0.1) is 24.7 Å². The lowest BCUT2D eigenvalue weighted by molar-refractivity contribution is -0.115. The van der Waals surface area contributed by atoms with Crippen molar-refractivity contribution in [2.24, 2.45) is 0 Å². The molecule has 0 aliphatic carbocycles. The molecule has 0 aliphatic rings. The maximum atomic E-state index is 12.3. The molecule has 0 bridgehead atoms. The Morgan fingerprint density at radius 2 is 1.91 bits per heavy atom. The van der Waals surface area contributed by atoms with Gasteiger partial charge in [0.15, 0.2) is 0 Å². The Labute approximate surface area is 135 Å². The average molecular weight is 306 g/mol. The van der Waals surface area contributed by atoms with Crippen LogP contribution in [-0.2, 0) is 11.2 Å². The Balaban J connectivity index is 1.79. The molecule has 0 saturated heterocycles. The molecule has 23 heavy (non-hydrogen) atoms. The summed E-state index contributed by atoms with van der Waals surface area (Å²) in [5.41, 5.74) is 3.73. The SMILES string of the molecule is COc1ccc(CC(=O)Nc2ccc(C)c3ncccc23)cc1. The number of carbonyl (C=O) groups is 1. The van der Waals surface area contributed by atoms with Gasteiger partial charge in [-0.05, 0) is 48.4 Å². The largest absolute Gasteiger partial charge is 0.497 e. The number of methoxy groups -OCH3 is 1. The van der Waals surface area contributed by atoms with Crippen LogP contribution >= 0.6 is 0 Å². The summed E-state index contributed by atoms with van der Waals surface area (Å²) >= 11 is 0. The van der Waals surface area contributed by atoms with Crippen molar-refractivity contribution in [1.29, 1.82) is 0 Å². The number of ether oxygens (including phenoxy) is 1. The van der Waals surface area contributed by atoms with Crippen molar-refractivity contribution < 1.29 is 9.53 Å². The van der Waals surface area contributed by atoms with E-state index in [0.29, 0.717) is 6.42 Å². The van der Waals surface area contributed by atoms with Crippen LogP contribution in [0.15, 0.2) is 54.7 Å². The highest BCUT2D eigenvalue weighted by atomic mass is 16.5. The highest BCUT2D eigenvalue weighted by molar-refractivity contribution is 6.02. The molecule has 1 N–H and O–H groups in total. The van der Waals surface area contributed by atoms with Gasteiger partial charge in [-0.1, -0.05) is 18.2 Å². The molecule has 1 aromatic heterocycles. The Kier molecular flexibility index (Phi) is 4.24. The van der Waals surface area contributed by atoms with Gasteiger partial charge in [0.1, 0.15) is 5.75 Å². The summed E-state index contributed by atoms with van der Waals surface area (Å²) in [6, 6.07) is 15.2. The number of hydrogen-bond donors (Lipinski definition) is 1. The van der Waals surface area contributed by atoms with E-state index in [1.165, 1.54) is 0 Å². The summed E-state index contributed by atoms with van der Waals surface area (Å²) in [4.78, 5) is 16.7. The number of aryl methyl sites for hydroxylation is 1. The second-order valence-electron chi connectivity index (χ2n) is 5.40. The van der Waals surface area contributed by atoms with Gasteiger partial charge in [-0.25, -0.2) is 0 Å². The molecule has 4 heteroatoms. The van der Waals surface area contributed by atoms with Gasteiger partial charge >= 0.3 is 0 Å². The Morgan fingerprint density at radius 1 is 1.13 bits per heavy atom. The average Bonchev–Trinajstić information content (AvgIpc) is 2.58. The number of fused-ring (bicyclic) bond motifs is 1. The minimum Gasteiger partial charge on any atom is -0.497 e. The van der Waals surface area contributed by atoms with Crippen LogP contribution in [0.4, 0.5) is 5.69 Å². The normalized spacial score (nSPS) is 10.5. The third kappa shape index (κ3) is 3.31. The van der Waals surface area contributed by atoms with Crippen LogP contribution in [0.25, 0.3) is 10.9 Å². The van der Waals surface area contributed by atoms with E-state index in [1.54, 1.807) is 13.3 Å². The maximum Gasteiger partial charge on any atom is 0.228 e. The third-order valence-corrected chi connectivity index (χ3v) is 3.77. The minimum atomic E-state index is -0.0517. The molecule has 1 amide bonds. The first-order chi connectivity index (χ1) is 11.2. The van der Waals surface area contributed by atoms with Crippen molar-refractivity contribution in [1.82, 2.24) is 4.98 Å². The third-order valence-electron chi connectivity index (χ3n) is 3.77. The summed E-state index contributed by atoms with van der Waals surface area (Å²) < 4.78 is 5.12. The molecule has 0 spiro atoms. The fraction of sp³-hybridized carbons (Fsp3) is 0.158. The van der Waals surface area contributed by atoms with Crippen molar-refractivity contribution in [3.05, 3.63) is 65.9 Å². The Bertz CT molecular complexity index is 842. The number of benzene rings is 2. The molecule has 0 radical (unpaired) electrons. The number of pyridine rings is 1. The molecule has 0 aliphatic heterocycles. The molecule has 2 aromatic carbocycles. The number of anilines is 1. The van der Waals surface area contributed by atoms with Crippen LogP contribution in [0.5, 0.6) is 5.75 Å². The first-order valence-electron chi connectivity index (χ1n) is 7.44.